The number of hydrogen-bond donors (Lipinski definition) is 1. The van der Waals surface area contributed by atoms with Crippen molar-refractivity contribution in [3.05, 3.63) is 5.73 Å². The summed E-state index contributed by atoms with van der Waals surface area (Å²) < 4.78 is 0. The van der Waals surface area contributed by atoms with E-state index in [-0.39, 0.29) is 116 Å². The molecule has 0 rings (SSSR count). The average molecular weight is 257 g/mol. The number of rotatable bonds is 0. The predicted octanol–water partition coefficient (Wildman–Crippen LogP) is -5.85. The first-order valence-electron chi connectivity index (χ1n) is 1.26. The van der Waals surface area contributed by atoms with E-state index in [1.165, 1.54) is 0 Å². The second-order valence-corrected chi connectivity index (χ2v) is 0.596. The first-order chi connectivity index (χ1) is 2.77. The third kappa shape index (κ3) is 15.8. The van der Waals surface area contributed by atoms with E-state index in [1.54, 1.807) is 0 Å². The van der Waals surface area contributed by atoms with Crippen molar-refractivity contribution < 1.29 is 121 Å². The molecule has 3 N–H and O–H groups in total. The number of urea groups is 1. The van der Waals surface area contributed by atoms with Crippen LogP contribution >= 0.6 is 0 Å². The molecule has 8 heavy (non-hydrogen) atoms. The van der Waals surface area contributed by atoms with Crippen LogP contribution in [0.3, 0.4) is 0 Å². The Morgan fingerprint density at radius 1 is 1.62 bits per heavy atom. The maximum Gasteiger partial charge on any atom is 1.00 e. The summed E-state index contributed by atoms with van der Waals surface area (Å²) in [5, 5.41) is 0. The number of aliphatic imine (C=N–C) groups is 1. The van der Waals surface area contributed by atoms with Gasteiger partial charge in [0.2, 0.25) is 6.03 Å². The van der Waals surface area contributed by atoms with Crippen molar-refractivity contribution in [2.45, 2.75) is 0 Å². The number of nitrogens with two attached hydrogens (primary N) is 1. The van der Waals surface area contributed by atoms with Crippen LogP contribution in [-0.4, -0.2) is 12.4 Å². The van der Waals surface area contributed by atoms with Crippen LogP contribution < -0.4 is 122 Å². The minimum Gasteiger partial charge on any atom is -0.488 e. The normalized spacial score (nSPS) is 7.00. The van der Waals surface area contributed by atoms with Crippen molar-refractivity contribution in [1.82, 2.24) is 0 Å². The molecule has 0 aliphatic heterocycles. The molecule has 0 spiro atoms. The van der Waals surface area contributed by atoms with Gasteiger partial charge >= 0.3 is 116 Å². The summed E-state index contributed by atoms with van der Waals surface area (Å²) in [5.41, 5.74) is 10.6. The summed E-state index contributed by atoms with van der Waals surface area (Å²) >= 11 is 0. The number of hydrogen-bond acceptors (Lipinski definition) is 1. The standard InChI is InChI=1S/C2H5N3O.2Rb/c3-1-5-2(4)6;;/h1H,(H4,3,4,5,6);;/q;2*+1/p-1. The van der Waals surface area contributed by atoms with E-state index in [9.17, 15) is 4.79 Å². The summed E-state index contributed by atoms with van der Waals surface area (Å²) in [6.45, 7) is 0. The van der Waals surface area contributed by atoms with E-state index in [4.69, 9.17) is 5.73 Å². The maximum atomic E-state index is 9.50. The van der Waals surface area contributed by atoms with Gasteiger partial charge in [-0.05, 0) is 0 Å². The molecule has 0 unspecified atom stereocenters. The van der Waals surface area contributed by atoms with Gasteiger partial charge in [-0.15, -0.1) is 0 Å². The fraction of sp³-hybridized carbons (Fsp3) is 0. The van der Waals surface area contributed by atoms with Crippen LogP contribution in [0.1, 0.15) is 0 Å². The number of carbonyl (C=O) groups is 1. The molecule has 0 aromatic carbocycles. The topological polar surface area (TPSA) is 79.2 Å². The Hall–Kier alpha value is 2.55. The summed E-state index contributed by atoms with van der Waals surface area (Å²) in [4.78, 5) is 12.3. The molecule has 0 radical (unpaired) electrons. The molecule has 0 bridgehead atoms. The molecule has 0 heterocycles. The average Bonchev–Trinajstić information content (AvgIpc) is 1.35. The van der Waals surface area contributed by atoms with Crippen LogP contribution in [0.2, 0.25) is 0 Å². The van der Waals surface area contributed by atoms with Gasteiger partial charge in [-0.25, -0.2) is 0 Å². The van der Waals surface area contributed by atoms with E-state index in [1.807, 2.05) is 0 Å². The molecular weight excluding hydrogens is 253 g/mol. The van der Waals surface area contributed by atoms with Gasteiger partial charge in [0.05, 0.1) is 0 Å². The Balaban J connectivity index is -0.000000125. The molecule has 0 aliphatic carbocycles. The monoisotopic (exact) mass is 256 g/mol. The zero-order chi connectivity index (χ0) is 4.99. The molecule has 0 atom stereocenters. The molecule has 34 valence electrons. The SMILES string of the molecule is [NH-]/C=N/C(N)=O.[Rb+].[Rb+]. The first-order valence-corrected chi connectivity index (χ1v) is 1.26. The van der Waals surface area contributed by atoms with Gasteiger partial charge in [-0.3, -0.25) is 4.79 Å². The fourth-order valence-corrected chi connectivity index (χ4v) is 0.0636. The van der Waals surface area contributed by atoms with Crippen molar-refractivity contribution in [3.8, 4) is 0 Å². The quantitative estimate of drug-likeness (QED) is 0.340. The molecule has 2 amide bonds. The van der Waals surface area contributed by atoms with Crippen molar-refractivity contribution >= 4 is 12.4 Å². The Morgan fingerprint density at radius 3 is 2.00 bits per heavy atom. The fourth-order valence-electron chi connectivity index (χ4n) is 0.0636. The summed E-state index contributed by atoms with van der Waals surface area (Å²) in [6.07, 6.45) is 0.600. The molecule has 0 aromatic heterocycles. The smallest absolute Gasteiger partial charge is 0.488 e. The van der Waals surface area contributed by atoms with E-state index in [2.05, 4.69) is 10.7 Å². The van der Waals surface area contributed by atoms with Crippen LogP contribution in [-0.2, 0) is 0 Å². The van der Waals surface area contributed by atoms with Gasteiger partial charge < -0.3 is 16.5 Å². The molecule has 4 nitrogen and oxygen atoms in total. The minimum absolute atomic E-state index is 0. The Bertz CT molecular complexity index is 83.4. The van der Waals surface area contributed by atoms with Crippen molar-refractivity contribution in [3.63, 3.8) is 0 Å². The zero-order valence-corrected chi connectivity index (χ0v) is 14.8. The van der Waals surface area contributed by atoms with Gasteiger partial charge in [-0.1, -0.05) is 6.34 Å². The van der Waals surface area contributed by atoms with Crippen molar-refractivity contribution in [2.75, 3.05) is 0 Å². The molecular formula is C2H4N3ORb2+. The van der Waals surface area contributed by atoms with Crippen LogP contribution in [0.4, 0.5) is 4.79 Å². The number of primary amides is 1. The van der Waals surface area contributed by atoms with Crippen LogP contribution in [0, 0.1) is 0 Å². The maximum absolute atomic E-state index is 9.50. The third-order valence-electron chi connectivity index (χ3n) is 0.192. The van der Waals surface area contributed by atoms with Gasteiger partial charge in [0.15, 0.2) is 0 Å². The van der Waals surface area contributed by atoms with E-state index >= 15 is 0 Å². The number of nitrogens with zero attached hydrogens (tertiary/aromatic N) is 1. The van der Waals surface area contributed by atoms with Crippen molar-refractivity contribution in [1.29, 1.82) is 0 Å². The number of amides is 2. The van der Waals surface area contributed by atoms with Gasteiger partial charge in [0.25, 0.3) is 0 Å². The first kappa shape index (κ1) is 16.9. The summed E-state index contributed by atoms with van der Waals surface area (Å²) in [6, 6.07) is -0.829. The van der Waals surface area contributed by atoms with Gasteiger partial charge in [0.1, 0.15) is 0 Å². The number of nitrogens with one attached hydrogen (secondary N) is 1. The second kappa shape index (κ2) is 12.2. The summed E-state index contributed by atoms with van der Waals surface area (Å²) in [5.74, 6) is 0. The second-order valence-electron chi connectivity index (χ2n) is 0.596. The molecule has 0 fully saturated rings. The Morgan fingerprint density at radius 2 is 2.00 bits per heavy atom. The summed E-state index contributed by atoms with van der Waals surface area (Å²) in [7, 11) is 0. The van der Waals surface area contributed by atoms with Crippen LogP contribution in [0.5, 0.6) is 0 Å². The van der Waals surface area contributed by atoms with E-state index in [0.717, 1.165) is 0 Å². The Labute approximate surface area is 145 Å². The molecule has 6 heteroatoms. The number of carbonyl (C=O) groups excluding carboxylic acids is 1. The Kier molecular flexibility index (Phi) is 25.8. The van der Waals surface area contributed by atoms with Gasteiger partial charge in [-0.2, -0.15) is 0 Å². The zero-order valence-electron chi connectivity index (χ0n) is 5.01. The van der Waals surface area contributed by atoms with Gasteiger partial charge in [0, 0.05) is 0 Å². The van der Waals surface area contributed by atoms with E-state index in [0.29, 0.717) is 6.34 Å². The van der Waals surface area contributed by atoms with Crippen LogP contribution in [0.15, 0.2) is 4.99 Å². The molecule has 0 saturated carbocycles. The van der Waals surface area contributed by atoms with Crippen molar-refractivity contribution in [2.24, 2.45) is 10.7 Å². The third-order valence-corrected chi connectivity index (χ3v) is 0.192. The minimum atomic E-state index is -0.829. The molecule has 0 aromatic rings. The predicted molar refractivity (Wildman–Crippen MR) is 22.4 cm³/mol. The molecule has 0 saturated heterocycles. The van der Waals surface area contributed by atoms with E-state index < -0.39 is 6.03 Å². The van der Waals surface area contributed by atoms with Crippen LogP contribution in [0.25, 0.3) is 5.73 Å². The molecule has 0 aliphatic rings. The largest absolute Gasteiger partial charge is 1.00 e.